The summed E-state index contributed by atoms with van der Waals surface area (Å²) in [5.41, 5.74) is 1.78. The van der Waals surface area contributed by atoms with E-state index in [-0.39, 0.29) is 5.78 Å². The highest BCUT2D eigenvalue weighted by Gasteiger charge is 2.13. The van der Waals surface area contributed by atoms with Gasteiger partial charge in [0.05, 0.1) is 26.6 Å². The number of methoxy groups -OCH3 is 2. The molecule has 0 spiro atoms. The highest BCUT2D eigenvalue weighted by atomic mass is 16.5. The smallest absolute Gasteiger partial charge is 0.126 e. The second kappa shape index (κ2) is 22.6. The molecule has 0 aliphatic carbocycles. The fourth-order valence-electron chi connectivity index (χ4n) is 2.62. The molecule has 1 atom stereocenters. The van der Waals surface area contributed by atoms with Crippen molar-refractivity contribution in [1.82, 2.24) is 0 Å². The zero-order valence-corrected chi connectivity index (χ0v) is 24.3. The van der Waals surface area contributed by atoms with Gasteiger partial charge in [0.1, 0.15) is 17.3 Å². The SMILES string of the molecule is C=C(/C=C(/CC)OC)OCCC.CC(C)=O.CCC(C)CC(C)(C)C.COc1ccc(C)cc1. The summed E-state index contributed by atoms with van der Waals surface area (Å²) in [6.07, 6.45) is 6.36. The number of Topliss-reactive ketones (excluding diaryl/α,β-unsaturated/α-hetero) is 1. The van der Waals surface area contributed by atoms with Crippen LogP contribution in [0.1, 0.15) is 93.6 Å². The first kappa shape index (κ1) is 36.3. The maximum Gasteiger partial charge on any atom is 0.126 e. The summed E-state index contributed by atoms with van der Waals surface area (Å²) in [7, 11) is 3.33. The molecule has 1 unspecified atom stereocenters. The van der Waals surface area contributed by atoms with Crippen molar-refractivity contribution < 1.29 is 19.0 Å². The van der Waals surface area contributed by atoms with Crippen LogP contribution < -0.4 is 4.74 Å². The molecule has 0 radical (unpaired) electrons. The molecule has 198 valence electrons. The van der Waals surface area contributed by atoms with Gasteiger partial charge in [-0.3, -0.25) is 0 Å². The number of ketones is 1. The van der Waals surface area contributed by atoms with Gasteiger partial charge in [0, 0.05) is 12.5 Å². The van der Waals surface area contributed by atoms with Crippen molar-refractivity contribution in [1.29, 1.82) is 0 Å². The summed E-state index contributed by atoms with van der Waals surface area (Å²) in [5, 5.41) is 0. The van der Waals surface area contributed by atoms with Crippen molar-refractivity contribution in [3.8, 4) is 5.75 Å². The molecule has 34 heavy (non-hydrogen) atoms. The minimum absolute atomic E-state index is 0.167. The molecule has 0 heterocycles. The topological polar surface area (TPSA) is 44.8 Å². The highest BCUT2D eigenvalue weighted by molar-refractivity contribution is 5.72. The van der Waals surface area contributed by atoms with Crippen LogP contribution in [0.5, 0.6) is 5.75 Å². The van der Waals surface area contributed by atoms with Crippen LogP contribution in [0.25, 0.3) is 0 Å². The number of ether oxygens (including phenoxy) is 3. The van der Waals surface area contributed by atoms with Crippen molar-refractivity contribution in [2.24, 2.45) is 11.3 Å². The number of carbonyl (C=O) groups is 1. The normalized spacial score (nSPS) is 11.2. The zero-order valence-electron chi connectivity index (χ0n) is 24.3. The van der Waals surface area contributed by atoms with Crippen molar-refractivity contribution >= 4 is 5.78 Å². The third-order valence-electron chi connectivity index (χ3n) is 4.34. The highest BCUT2D eigenvalue weighted by Crippen LogP contribution is 2.25. The standard InChI is InChI=1S/C10H18O2.C9H20.C8H10O.C3H6O/c1-5-7-12-9(3)8-10(6-2)11-4;1-6-8(2)7-9(3,4)5;1-7-3-5-8(9-2)6-4-7;1-3(2)4/h8H,3,5-7H2,1-2,4H3;8H,6-7H2,1-5H3;3-6H,1-2H3;1-2H3/b10-8-;;;. The van der Waals surface area contributed by atoms with Crippen LogP contribution in [-0.2, 0) is 14.3 Å². The zero-order chi connectivity index (χ0) is 27.2. The van der Waals surface area contributed by atoms with Gasteiger partial charge in [-0.25, -0.2) is 0 Å². The van der Waals surface area contributed by atoms with Gasteiger partial charge in [-0.2, -0.15) is 0 Å². The van der Waals surface area contributed by atoms with E-state index in [9.17, 15) is 4.79 Å². The van der Waals surface area contributed by atoms with Gasteiger partial charge in [0.15, 0.2) is 0 Å². The summed E-state index contributed by atoms with van der Waals surface area (Å²) in [4.78, 5) is 9.44. The van der Waals surface area contributed by atoms with Gasteiger partial charge < -0.3 is 19.0 Å². The van der Waals surface area contributed by atoms with E-state index in [1.807, 2.05) is 37.3 Å². The molecule has 0 amide bonds. The van der Waals surface area contributed by atoms with Crippen molar-refractivity contribution in [3.05, 3.63) is 54.0 Å². The molecule has 0 saturated heterocycles. The number of aryl methyl sites for hydroxylation is 1. The minimum atomic E-state index is 0.167. The summed E-state index contributed by atoms with van der Waals surface area (Å²) < 4.78 is 15.3. The first-order chi connectivity index (χ1) is 15.8. The summed E-state index contributed by atoms with van der Waals surface area (Å²) in [6.45, 7) is 25.2. The lowest BCUT2D eigenvalue weighted by Gasteiger charge is -2.21. The molecule has 1 aromatic carbocycles. The molecule has 0 bridgehead atoms. The predicted molar refractivity (Wildman–Crippen MR) is 148 cm³/mol. The Morgan fingerprint density at radius 3 is 1.85 bits per heavy atom. The number of benzene rings is 1. The largest absolute Gasteiger partial charge is 0.501 e. The Labute approximate surface area is 211 Å². The van der Waals surface area contributed by atoms with Crippen LogP contribution in [0, 0.1) is 18.3 Å². The Hall–Kier alpha value is -2.23. The van der Waals surface area contributed by atoms with E-state index >= 15 is 0 Å². The van der Waals surface area contributed by atoms with Gasteiger partial charge in [-0.1, -0.05) is 79.2 Å². The Kier molecular flexibility index (Phi) is 24.1. The summed E-state index contributed by atoms with van der Waals surface area (Å²) in [6, 6.07) is 7.96. The fraction of sp³-hybridized carbons (Fsp3) is 0.633. The van der Waals surface area contributed by atoms with Crippen LogP contribution in [-0.4, -0.2) is 26.6 Å². The van der Waals surface area contributed by atoms with Gasteiger partial charge in [-0.05, 0) is 57.1 Å². The van der Waals surface area contributed by atoms with E-state index in [2.05, 4.69) is 55.0 Å². The van der Waals surface area contributed by atoms with Crippen molar-refractivity contribution in [3.63, 3.8) is 0 Å². The average Bonchev–Trinajstić information content (AvgIpc) is 2.76. The van der Waals surface area contributed by atoms with Crippen LogP contribution in [0.2, 0.25) is 0 Å². The van der Waals surface area contributed by atoms with E-state index in [1.165, 1.54) is 32.3 Å². The lowest BCUT2D eigenvalue weighted by Crippen LogP contribution is -2.09. The quantitative estimate of drug-likeness (QED) is 0.262. The first-order valence-electron chi connectivity index (χ1n) is 12.4. The molecule has 4 nitrogen and oxygen atoms in total. The predicted octanol–water partition coefficient (Wildman–Crippen LogP) is 8.93. The van der Waals surface area contributed by atoms with E-state index in [4.69, 9.17) is 14.2 Å². The maximum absolute atomic E-state index is 9.44. The number of carbonyl (C=O) groups excluding carboxylic acids is 1. The second-order valence-electron chi connectivity index (χ2n) is 9.69. The van der Waals surface area contributed by atoms with Crippen LogP contribution in [0.15, 0.2) is 48.4 Å². The number of hydrogen-bond acceptors (Lipinski definition) is 4. The number of hydrogen-bond donors (Lipinski definition) is 0. The molecular weight excluding hydrogens is 424 g/mol. The third-order valence-corrected chi connectivity index (χ3v) is 4.34. The summed E-state index contributed by atoms with van der Waals surface area (Å²) >= 11 is 0. The third kappa shape index (κ3) is 29.8. The van der Waals surface area contributed by atoms with Crippen LogP contribution >= 0.6 is 0 Å². The molecule has 0 N–H and O–H groups in total. The van der Waals surface area contributed by atoms with E-state index in [0.29, 0.717) is 11.2 Å². The van der Waals surface area contributed by atoms with E-state index in [0.717, 1.165) is 36.9 Å². The average molecular weight is 479 g/mol. The van der Waals surface area contributed by atoms with Gasteiger partial charge in [-0.15, -0.1) is 0 Å². The monoisotopic (exact) mass is 478 g/mol. The van der Waals surface area contributed by atoms with Gasteiger partial charge in [0.2, 0.25) is 0 Å². The molecule has 1 rings (SSSR count). The molecule has 0 aliphatic heterocycles. The molecule has 0 aliphatic rings. The molecule has 1 aromatic rings. The van der Waals surface area contributed by atoms with E-state index in [1.54, 1.807) is 14.2 Å². The molecule has 0 aromatic heterocycles. The molecule has 0 saturated carbocycles. The Morgan fingerprint density at radius 1 is 1.06 bits per heavy atom. The van der Waals surface area contributed by atoms with E-state index < -0.39 is 0 Å². The minimum Gasteiger partial charge on any atom is -0.501 e. The summed E-state index contributed by atoms with van der Waals surface area (Å²) in [5.74, 6) is 3.55. The number of rotatable bonds is 9. The molecule has 4 heteroatoms. The van der Waals surface area contributed by atoms with Gasteiger partial charge in [0.25, 0.3) is 0 Å². The lowest BCUT2D eigenvalue weighted by molar-refractivity contribution is -0.115. The Bertz CT molecular complexity index is 641. The fourth-order valence-corrected chi connectivity index (χ4v) is 2.62. The Morgan fingerprint density at radius 2 is 1.56 bits per heavy atom. The first-order valence-corrected chi connectivity index (χ1v) is 12.4. The lowest BCUT2D eigenvalue weighted by atomic mass is 9.84. The van der Waals surface area contributed by atoms with Gasteiger partial charge >= 0.3 is 0 Å². The van der Waals surface area contributed by atoms with Crippen LogP contribution in [0.3, 0.4) is 0 Å². The van der Waals surface area contributed by atoms with Crippen molar-refractivity contribution in [2.75, 3.05) is 20.8 Å². The van der Waals surface area contributed by atoms with Crippen LogP contribution in [0.4, 0.5) is 0 Å². The number of allylic oxidation sites excluding steroid dienone is 2. The van der Waals surface area contributed by atoms with Crippen molar-refractivity contribution in [2.45, 2.75) is 94.9 Å². The second-order valence-corrected chi connectivity index (χ2v) is 9.69. The molecule has 0 fully saturated rings. The Balaban J connectivity index is -0.000000397. The maximum atomic E-state index is 9.44. The molecular formula is C30H54O4.